The van der Waals surface area contributed by atoms with Gasteiger partial charge in [-0.05, 0) is 31.6 Å². The molecule has 0 spiro atoms. The number of urea groups is 1. The molecule has 0 aromatic rings. The topological polar surface area (TPSA) is 67.2 Å². The molecule has 0 aliphatic heterocycles. The van der Waals surface area contributed by atoms with Crippen LogP contribution in [0.3, 0.4) is 0 Å². The summed E-state index contributed by atoms with van der Waals surface area (Å²) >= 11 is 0. The molecule has 0 bridgehead atoms. The molecule has 4 nitrogen and oxygen atoms in total. The second-order valence-electron chi connectivity index (χ2n) is 3.74. The molecule has 1 saturated carbocycles. The van der Waals surface area contributed by atoms with Crippen molar-refractivity contribution in [2.45, 2.75) is 31.7 Å². The molecule has 0 aromatic carbocycles. The van der Waals surface area contributed by atoms with Crippen molar-refractivity contribution in [3.05, 3.63) is 0 Å². The summed E-state index contributed by atoms with van der Waals surface area (Å²) in [6.45, 7) is 0.784. The minimum absolute atomic E-state index is 0.0881. The lowest BCUT2D eigenvalue weighted by Gasteiger charge is -2.25. The molecule has 0 heterocycles. The van der Waals surface area contributed by atoms with Crippen LogP contribution in [0.25, 0.3) is 0 Å². The van der Waals surface area contributed by atoms with Crippen molar-refractivity contribution in [2.75, 3.05) is 13.6 Å². The lowest BCUT2D eigenvalue weighted by Crippen LogP contribution is -2.38. The Hall–Kier alpha value is -0.770. The number of hydrogen-bond donors (Lipinski definition) is 3. The summed E-state index contributed by atoms with van der Waals surface area (Å²) < 4.78 is 0. The number of nitrogens with one attached hydrogen (secondary N) is 2. The van der Waals surface area contributed by atoms with Crippen molar-refractivity contribution >= 4 is 6.03 Å². The van der Waals surface area contributed by atoms with E-state index in [4.69, 9.17) is 5.73 Å². The predicted octanol–water partition coefficient (Wildman–Crippen LogP) is 0.433. The molecule has 0 unspecified atom stereocenters. The van der Waals surface area contributed by atoms with E-state index in [2.05, 4.69) is 10.6 Å². The third-order valence-electron chi connectivity index (χ3n) is 2.67. The zero-order valence-corrected chi connectivity index (χ0v) is 8.18. The van der Waals surface area contributed by atoms with Gasteiger partial charge in [-0.25, -0.2) is 4.79 Å². The van der Waals surface area contributed by atoms with Crippen LogP contribution in [0.15, 0.2) is 0 Å². The molecular formula is C9H19N3O. The third-order valence-corrected chi connectivity index (χ3v) is 2.67. The Morgan fingerprint density at radius 1 is 1.38 bits per heavy atom. The van der Waals surface area contributed by atoms with Crippen LogP contribution in [0.1, 0.15) is 25.7 Å². The van der Waals surface area contributed by atoms with Crippen LogP contribution >= 0.6 is 0 Å². The minimum Gasteiger partial charge on any atom is -0.341 e. The van der Waals surface area contributed by atoms with E-state index >= 15 is 0 Å². The third kappa shape index (κ3) is 3.63. The average molecular weight is 185 g/mol. The number of carbonyl (C=O) groups is 1. The Kier molecular flexibility index (Phi) is 4.02. The van der Waals surface area contributed by atoms with Crippen molar-refractivity contribution in [2.24, 2.45) is 11.7 Å². The summed E-state index contributed by atoms with van der Waals surface area (Å²) in [6, 6.07) is 0.297. The molecule has 0 aromatic heterocycles. The summed E-state index contributed by atoms with van der Waals surface area (Å²) in [5.41, 5.74) is 5.78. The first-order valence-electron chi connectivity index (χ1n) is 4.93. The highest BCUT2D eigenvalue weighted by Crippen LogP contribution is 2.22. The lowest BCUT2D eigenvalue weighted by molar-refractivity contribution is 0.237. The fourth-order valence-corrected chi connectivity index (χ4v) is 1.72. The smallest absolute Gasteiger partial charge is 0.314 e. The highest BCUT2D eigenvalue weighted by atomic mass is 16.2. The molecule has 13 heavy (non-hydrogen) atoms. The van der Waals surface area contributed by atoms with Gasteiger partial charge in [0.1, 0.15) is 0 Å². The Morgan fingerprint density at radius 3 is 2.54 bits per heavy atom. The first kappa shape index (κ1) is 10.3. The fourth-order valence-electron chi connectivity index (χ4n) is 1.72. The SMILES string of the molecule is CNC(=O)NCC1CCC(N)CC1. The van der Waals surface area contributed by atoms with Gasteiger partial charge < -0.3 is 16.4 Å². The minimum atomic E-state index is -0.0881. The first-order valence-corrected chi connectivity index (χ1v) is 4.93. The standard InChI is InChI=1S/C9H19N3O/c1-11-9(13)12-6-7-2-4-8(10)5-3-7/h7-8H,2-6,10H2,1H3,(H2,11,12,13). The number of hydrogen-bond acceptors (Lipinski definition) is 2. The molecule has 76 valence electrons. The quantitative estimate of drug-likeness (QED) is 0.584. The molecule has 4 heteroatoms. The Morgan fingerprint density at radius 2 is 2.00 bits per heavy atom. The zero-order valence-electron chi connectivity index (χ0n) is 8.18. The van der Waals surface area contributed by atoms with Crippen molar-refractivity contribution in [3.63, 3.8) is 0 Å². The highest BCUT2D eigenvalue weighted by Gasteiger charge is 2.18. The molecule has 0 atom stereocenters. The Bertz CT molecular complexity index is 164. The molecule has 2 amide bonds. The van der Waals surface area contributed by atoms with E-state index in [1.165, 1.54) is 0 Å². The van der Waals surface area contributed by atoms with Crippen molar-refractivity contribution in [1.29, 1.82) is 0 Å². The zero-order chi connectivity index (χ0) is 9.68. The highest BCUT2D eigenvalue weighted by molar-refractivity contribution is 5.73. The molecule has 0 saturated heterocycles. The van der Waals surface area contributed by atoms with Crippen LogP contribution < -0.4 is 16.4 Å². The summed E-state index contributed by atoms with van der Waals surface area (Å²) in [7, 11) is 1.63. The van der Waals surface area contributed by atoms with E-state index in [0.29, 0.717) is 12.0 Å². The second-order valence-corrected chi connectivity index (χ2v) is 3.74. The van der Waals surface area contributed by atoms with Crippen LogP contribution in [-0.2, 0) is 0 Å². The van der Waals surface area contributed by atoms with E-state index in [1.807, 2.05) is 0 Å². The lowest BCUT2D eigenvalue weighted by atomic mass is 9.86. The van der Waals surface area contributed by atoms with Crippen LogP contribution in [-0.4, -0.2) is 25.7 Å². The summed E-state index contributed by atoms with van der Waals surface area (Å²) in [6.07, 6.45) is 4.48. The number of nitrogens with two attached hydrogens (primary N) is 1. The largest absolute Gasteiger partial charge is 0.341 e. The van der Waals surface area contributed by atoms with Crippen LogP contribution in [0.5, 0.6) is 0 Å². The first-order chi connectivity index (χ1) is 6.22. The maximum atomic E-state index is 10.9. The molecular weight excluding hydrogens is 166 g/mol. The normalized spacial score (nSPS) is 28.2. The van der Waals surface area contributed by atoms with Gasteiger partial charge in [0.25, 0.3) is 0 Å². The molecule has 1 rings (SSSR count). The number of rotatable bonds is 2. The Balaban J connectivity index is 2.12. The van der Waals surface area contributed by atoms with Gasteiger partial charge in [0, 0.05) is 19.6 Å². The van der Waals surface area contributed by atoms with Crippen molar-refractivity contribution in [1.82, 2.24) is 10.6 Å². The van der Waals surface area contributed by atoms with Crippen LogP contribution in [0.2, 0.25) is 0 Å². The summed E-state index contributed by atoms with van der Waals surface area (Å²) in [5.74, 6) is 0.622. The van der Waals surface area contributed by atoms with Gasteiger partial charge in [0.2, 0.25) is 0 Å². The summed E-state index contributed by atoms with van der Waals surface area (Å²) in [5, 5.41) is 5.36. The summed E-state index contributed by atoms with van der Waals surface area (Å²) in [4.78, 5) is 10.9. The van der Waals surface area contributed by atoms with Gasteiger partial charge >= 0.3 is 6.03 Å². The van der Waals surface area contributed by atoms with E-state index in [-0.39, 0.29) is 6.03 Å². The van der Waals surface area contributed by atoms with Crippen LogP contribution in [0, 0.1) is 5.92 Å². The molecule has 1 aliphatic carbocycles. The molecule has 0 radical (unpaired) electrons. The van der Waals surface area contributed by atoms with Crippen molar-refractivity contribution < 1.29 is 4.79 Å². The van der Waals surface area contributed by atoms with E-state index in [9.17, 15) is 4.79 Å². The van der Waals surface area contributed by atoms with Gasteiger partial charge in [-0.1, -0.05) is 0 Å². The van der Waals surface area contributed by atoms with Gasteiger partial charge in [0.15, 0.2) is 0 Å². The maximum absolute atomic E-state index is 10.9. The van der Waals surface area contributed by atoms with Gasteiger partial charge in [-0.3, -0.25) is 0 Å². The molecule has 4 N–H and O–H groups in total. The van der Waals surface area contributed by atoms with E-state index in [1.54, 1.807) is 7.05 Å². The predicted molar refractivity (Wildman–Crippen MR) is 52.4 cm³/mol. The van der Waals surface area contributed by atoms with Crippen LogP contribution in [0.4, 0.5) is 4.79 Å². The average Bonchev–Trinajstić information content (AvgIpc) is 2.16. The number of amides is 2. The molecule has 1 fully saturated rings. The monoisotopic (exact) mass is 185 g/mol. The fraction of sp³-hybridized carbons (Fsp3) is 0.889. The van der Waals surface area contributed by atoms with Crippen molar-refractivity contribution in [3.8, 4) is 0 Å². The van der Waals surface area contributed by atoms with E-state index in [0.717, 1.165) is 32.2 Å². The number of carbonyl (C=O) groups excluding carboxylic acids is 1. The van der Waals surface area contributed by atoms with E-state index < -0.39 is 0 Å². The van der Waals surface area contributed by atoms with Gasteiger partial charge in [-0.15, -0.1) is 0 Å². The Labute approximate surface area is 79.3 Å². The van der Waals surface area contributed by atoms with Gasteiger partial charge in [0.05, 0.1) is 0 Å². The second kappa shape index (κ2) is 5.07. The maximum Gasteiger partial charge on any atom is 0.314 e. The van der Waals surface area contributed by atoms with Gasteiger partial charge in [-0.2, -0.15) is 0 Å². The molecule has 1 aliphatic rings.